The number of nitrogens with zero attached hydrogens (tertiary/aromatic N) is 1. The van der Waals surface area contributed by atoms with E-state index in [0.29, 0.717) is 6.04 Å². The Bertz CT molecular complexity index is 174. The Kier molecular flexibility index (Phi) is 3.17. The summed E-state index contributed by atoms with van der Waals surface area (Å²) in [7, 11) is 0. The van der Waals surface area contributed by atoms with Crippen molar-refractivity contribution in [3.63, 3.8) is 0 Å². The SMILES string of the molecule is CC1SCCCC1N1CCC(N)C1. The Morgan fingerprint density at radius 2 is 2.23 bits per heavy atom. The Labute approximate surface area is 85.2 Å². The van der Waals surface area contributed by atoms with Crippen molar-refractivity contribution < 1.29 is 0 Å². The van der Waals surface area contributed by atoms with E-state index < -0.39 is 0 Å². The van der Waals surface area contributed by atoms with Crippen LogP contribution in [-0.2, 0) is 0 Å². The van der Waals surface area contributed by atoms with E-state index in [0.717, 1.165) is 17.8 Å². The number of likely N-dealkylation sites (tertiary alicyclic amines) is 1. The fraction of sp³-hybridized carbons (Fsp3) is 1.00. The summed E-state index contributed by atoms with van der Waals surface area (Å²) in [5, 5.41) is 0.819. The van der Waals surface area contributed by atoms with Gasteiger partial charge < -0.3 is 5.73 Å². The molecule has 0 radical (unpaired) electrons. The van der Waals surface area contributed by atoms with Gasteiger partial charge in [0.15, 0.2) is 0 Å². The first-order valence-corrected chi connectivity index (χ1v) is 6.43. The van der Waals surface area contributed by atoms with Crippen LogP contribution in [0.1, 0.15) is 26.2 Å². The predicted molar refractivity (Wildman–Crippen MR) is 59.1 cm³/mol. The first-order chi connectivity index (χ1) is 6.27. The van der Waals surface area contributed by atoms with Gasteiger partial charge in [0.25, 0.3) is 0 Å². The van der Waals surface area contributed by atoms with Crippen LogP contribution in [0.2, 0.25) is 0 Å². The third-order valence-corrected chi connectivity index (χ3v) is 4.66. The normalized spacial score (nSPS) is 42.5. The second-order valence-electron chi connectivity index (χ2n) is 4.33. The van der Waals surface area contributed by atoms with E-state index in [2.05, 4.69) is 23.6 Å². The molecule has 3 unspecified atom stereocenters. The zero-order valence-electron chi connectivity index (χ0n) is 8.41. The van der Waals surface area contributed by atoms with Crippen LogP contribution in [0.3, 0.4) is 0 Å². The third-order valence-electron chi connectivity index (χ3n) is 3.29. The van der Waals surface area contributed by atoms with Crippen LogP contribution in [0.5, 0.6) is 0 Å². The summed E-state index contributed by atoms with van der Waals surface area (Å²) in [4.78, 5) is 2.61. The summed E-state index contributed by atoms with van der Waals surface area (Å²) in [5.74, 6) is 1.36. The van der Waals surface area contributed by atoms with Gasteiger partial charge in [-0.2, -0.15) is 11.8 Å². The Hall–Kier alpha value is 0.270. The van der Waals surface area contributed by atoms with Crippen LogP contribution in [0.4, 0.5) is 0 Å². The number of thioether (sulfide) groups is 1. The summed E-state index contributed by atoms with van der Waals surface area (Å²) >= 11 is 2.13. The Morgan fingerprint density at radius 1 is 1.38 bits per heavy atom. The van der Waals surface area contributed by atoms with Crippen LogP contribution in [0, 0.1) is 0 Å². The van der Waals surface area contributed by atoms with Crippen LogP contribution in [0.25, 0.3) is 0 Å². The molecule has 2 N–H and O–H groups in total. The topological polar surface area (TPSA) is 29.3 Å². The molecule has 2 saturated heterocycles. The Balaban J connectivity index is 1.91. The predicted octanol–water partition coefficient (Wildman–Crippen LogP) is 1.30. The van der Waals surface area contributed by atoms with Gasteiger partial charge in [-0.25, -0.2) is 0 Å². The molecule has 3 heteroatoms. The van der Waals surface area contributed by atoms with E-state index in [1.165, 1.54) is 31.6 Å². The van der Waals surface area contributed by atoms with E-state index in [9.17, 15) is 0 Å². The van der Waals surface area contributed by atoms with Crippen LogP contribution in [0.15, 0.2) is 0 Å². The highest BCUT2D eigenvalue weighted by Crippen LogP contribution is 2.30. The van der Waals surface area contributed by atoms with E-state index >= 15 is 0 Å². The maximum Gasteiger partial charge on any atom is 0.0212 e. The minimum absolute atomic E-state index is 0.444. The number of nitrogens with two attached hydrogens (primary N) is 1. The molecule has 0 bridgehead atoms. The highest BCUT2D eigenvalue weighted by atomic mass is 32.2. The van der Waals surface area contributed by atoms with Gasteiger partial charge >= 0.3 is 0 Å². The van der Waals surface area contributed by atoms with Crippen molar-refractivity contribution in [1.29, 1.82) is 0 Å². The fourth-order valence-corrected chi connectivity index (χ4v) is 3.74. The summed E-state index contributed by atoms with van der Waals surface area (Å²) in [6, 6.07) is 1.26. The van der Waals surface area contributed by atoms with Crippen molar-refractivity contribution in [3.05, 3.63) is 0 Å². The minimum atomic E-state index is 0.444. The minimum Gasteiger partial charge on any atom is -0.326 e. The molecular formula is C10H20N2S. The lowest BCUT2D eigenvalue weighted by molar-refractivity contribution is 0.222. The smallest absolute Gasteiger partial charge is 0.0212 e. The van der Waals surface area contributed by atoms with Crippen molar-refractivity contribution in [2.45, 2.75) is 43.5 Å². The standard InChI is InChI=1S/C10H20N2S/c1-8-10(3-2-6-13-8)12-5-4-9(11)7-12/h8-10H,2-7,11H2,1H3. The second kappa shape index (κ2) is 4.20. The van der Waals surface area contributed by atoms with E-state index in [1.807, 2.05) is 0 Å². The van der Waals surface area contributed by atoms with Crippen LogP contribution < -0.4 is 5.73 Å². The van der Waals surface area contributed by atoms with Gasteiger partial charge in [0.05, 0.1) is 0 Å². The lowest BCUT2D eigenvalue weighted by atomic mass is 10.1. The maximum absolute atomic E-state index is 5.93. The van der Waals surface area contributed by atoms with E-state index in [-0.39, 0.29) is 0 Å². The van der Waals surface area contributed by atoms with Gasteiger partial charge in [-0.05, 0) is 25.0 Å². The third kappa shape index (κ3) is 2.20. The first-order valence-electron chi connectivity index (χ1n) is 5.38. The van der Waals surface area contributed by atoms with Gasteiger partial charge in [0, 0.05) is 30.4 Å². The molecule has 0 saturated carbocycles. The lowest BCUT2D eigenvalue weighted by Crippen LogP contribution is -2.42. The molecule has 2 aliphatic heterocycles. The highest BCUT2D eigenvalue weighted by Gasteiger charge is 2.31. The van der Waals surface area contributed by atoms with Gasteiger partial charge in [-0.1, -0.05) is 6.92 Å². The summed E-state index contributed by atoms with van der Waals surface area (Å²) in [6.45, 7) is 4.74. The maximum atomic E-state index is 5.93. The zero-order valence-corrected chi connectivity index (χ0v) is 9.22. The number of hydrogen-bond donors (Lipinski definition) is 1. The first kappa shape index (κ1) is 9.81. The average molecular weight is 200 g/mol. The monoisotopic (exact) mass is 200 g/mol. The zero-order chi connectivity index (χ0) is 9.26. The molecule has 0 aliphatic carbocycles. The largest absolute Gasteiger partial charge is 0.326 e. The molecule has 2 heterocycles. The van der Waals surface area contributed by atoms with Gasteiger partial charge in [0.1, 0.15) is 0 Å². The molecule has 0 aromatic heterocycles. The molecular weight excluding hydrogens is 180 g/mol. The molecule has 13 heavy (non-hydrogen) atoms. The molecule has 2 nitrogen and oxygen atoms in total. The Morgan fingerprint density at radius 3 is 2.85 bits per heavy atom. The van der Waals surface area contributed by atoms with Crippen LogP contribution >= 0.6 is 11.8 Å². The van der Waals surface area contributed by atoms with Gasteiger partial charge in [-0.3, -0.25) is 4.90 Å². The summed E-state index contributed by atoms with van der Waals surface area (Å²) in [6.07, 6.45) is 3.99. The molecule has 2 aliphatic rings. The summed E-state index contributed by atoms with van der Waals surface area (Å²) in [5.41, 5.74) is 5.93. The number of hydrogen-bond acceptors (Lipinski definition) is 3. The number of rotatable bonds is 1. The highest BCUT2D eigenvalue weighted by molar-refractivity contribution is 7.99. The molecule has 0 spiro atoms. The quantitative estimate of drug-likeness (QED) is 0.692. The van der Waals surface area contributed by atoms with Crippen LogP contribution in [-0.4, -0.2) is 41.1 Å². The van der Waals surface area contributed by atoms with Crippen molar-refractivity contribution >= 4 is 11.8 Å². The van der Waals surface area contributed by atoms with Crippen molar-refractivity contribution in [1.82, 2.24) is 4.90 Å². The lowest BCUT2D eigenvalue weighted by Gasteiger charge is -2.35. The molecule has 0 aromatic rings. The van der Waals surface area contributed by atoms with E-state index in [4.69, 9.17) is 5.73 Å². The molecule has 0 aromatic carbocycles. The van der Waals surface area contributed by atoms with Crippen molar-refractivity contribution in [3.8, 4) is 0 Å². The van der Waals surface area contributed by atoms with Crippen molar-refractivity contribution in [2.24, 2.45) is 5.73 Å². The molecule has 0 amide bonds. The fourth-order valence-electron chi connectivity index (χ4n) is 2.50. The average Bonchev–Trinajstić information content (AvgIpc) is 2.53. The molecule has 2 rings (SSSR count). The van der Waals surface area contributed by atoms with Gasteiger partial charge in [0.2, 0.25) is 0 Å². The van der Waals surface area contributed by atoms with Crippen molar-refractivity contribution in [2.75, 3.05) is 18.8 Å². The van der Waals surface area contributed by atoms with E-state index in [1.54, 1.807) is 0 Å². The molecule has 2 fully saturated rings. The summed E-state index contributed by atoms with van der Waals surface area (Å²) < 4.78 is 0. The second-order valence-corrected chi connectivity index (χ2v) is 5.81. The molecule has 3 atom stereocenters. The molecule has 76 valence electrons. The van der Waals surface area contributed by atoms with Gasteiger partial charge in [-0.15, -0.1) is 0 Å².